The molecule has 0 heterocycles. The highest BCUT2D eigenvalue weighted by Crippen LogP contribution is 2.23. The highest BCUT2D eigenvalue weighted by atomic mass is 28.3. The van der Waals surface area contributed by atoms with Gasteiger partial charge in [0.1, 0.15) is 5.22 Å². The van der Waals surface area contributed by atoms with Crippen LogP contribution in [-0.2, 0) is 9.53 Å². The van der Waals surface area contributed by atoms with Gasteiger partial charge >= 0.3 is 5.97 Å². The van der Waals surface area contributed by atoms with Crippen molar-refractivity contribution in [1.82, 2.24) is 0 Å². The molecule has 0 aliphatic heterocycles. The van der Waals surface area contributed by atoms with Crippen molar-refractivity contribution in [1.29, 1.82) is 0 Å². The smallest absolute Gasteiger partial charge is 0.331 e. The molecule has 0 amide bonds. The van der Waals surface area contributed by atoms with Gasteiger partial charge in [-0.3, -0.25) is 0 Å². The van der Waals surface area contributed by atoms with Crippen molar-refractivity contribution in [3.8, 4) is 0 Å². The van der Waals surface area contributed by atoms with Gasteiger partial charge in [-0.05, 0) is 27.7 Å². The van der Waals surface area contributed by atoms with Crippen LogP contribution in [0.5, 0.6) is 0 Å². The van der Waals surface area contributed by atoms with E-state index in [1.807, 2.05) is 33.9 Å². The minimum absolute atomic E-state index is 0.398. The van der Waals surface area contributed by atoms with Crippen LogP contribution < -0.4 is 0 Å². The summed E-state index contributed by atoms with van der Waals surface area (Å²) in [6.45, 7) is 11.3. The van der Waals surface area contributed by atoms with Gasteiger partial charge in [-0.1, -0.05) is 13.1 Å². The molecule has 13 heavy (non-hydrogen) atoms. The van der Waals surface area contributed by atoms with Gasteiger partial charge in [0.25, 0.3) is 0 Å². The zero-order valence-electron chi connectivity index (χ0n) is 9.34. The van der Waals surface area contributed by atoms with Crippen LogP contribution in [0.1, 0.15) is 27.7 Å². The van der Waals surface area contributed by atoms with Crippen molar-refractivity contribution in [2.24, 2.45) is 0 Å². The van der Waals surface area contributed by atoms with Gasteiger partial charge in [-0.15, -0.1) is 0 Å². The largest absolute Gasteiger partial charge is 0.479 e. The molecule has 0 fully saturated rings. The molecule has 0 saturated carbocycles. The van der Waals surface area contributed by atoms with Crippen molar-refractivity contribution in [3.63, 3.8) is 0 Å². The van der Waals surface area contributed by atoms with E-state index in [4.69, 9.17) is 9.84 Å². The summed E-state index contributed by atoms with van der Waals surface area (Å²) in [6, 6.07) is 0. The van der Waals surface area contributed by atoms with Crippen LogP contribution in [0.3, 0.4) is 0 Å². The molecule has 0 spiro atoms. The Balaban J connectivity index is 4.73. The van der Waals surface area contributed by atoms with Crippen molar-refractivity contribution in [2.45, 2.75) is 51.6 Å². The number of aliphatic carboxylic acids is 1. The average molecular weight is 204 g/mol. The van der Waals surface area contributed by atoms with Crippen LogP contribution in [0.15, 0.2) is 0 Å². The predicted molar refractivity (Wildman–Crippen MR) is 55.8 cm³/mol. The Bertz CT molecular complexity index is 196. The van der Waals surface area contributed by atoms with Crippen LogP contribution in [0.2, 0.25) is 13.1 Å². The predicted octanol–water partition coefficient (Wildman–Crippen LogP) is 1.67. The van der Waals surface area contributed by atoms with Gasteiger partial charge in [-0.25, -0.2) is 4.79 Å². The normalized spacial score (nSPS) is 17.2. The fraction of sp³-hybridized carbons (Fsp3) is 0.889. The molecule has 3 nitrogen and oxygen atoms in total. The Morgan fingerprint density at radius 2 is 1.62 bits per heavy atom. The standard InChI is InChI=1S/C9H20O3Si/c1-8(2,3)12-9(4,7(10)11)13(5)6/h13H,1-6H3,(H,10,11)/t9-/m0/s1. The molecule has 78 valence electrons. The molecular formula is C9H20O3Si. The molecule has 0 aromatic heterocycles. The van der Waals surface area contributed by atoms with Crippen LogP contribution in [0.4, 0.5) is 0 Å². The lowest BCUT2D eigenvalue weighted by molar-refractivity contribution is -0.165. The van der Waals surface area contributed by atoms with Crippen molar-refractivity contribution in [3.05, 3.63) is 0 Å². The lowest BCUT2D eigenvalue weighted by Gasteiger charge is -2.35. The first-order chi connectivity index (χ1) is 5.59. The Kier molecular flexibility index (Phi) is 3.69. The first-order valence-electron chi connectivity index (χ1n) is 4.53. The Labute approximate surface area is 81.7 Å². The van der Waals surface area contributed by atoms with E-state index >= 15 is 0 Å². The first-order valence-corrected chi connectivity index (χ1v) is 7.42. The zero-order chi connectivity index (χ0) is 10.9. The van der Waals surface area contributed by atoms with Crippen molar-refractivity contribution < 1.29 is 14.6 Å². The maximum absolute atomic E-state index is 11.1. The van der Waals surface area contributed by atoms with E-state index in [2.05, 4.69) is 0 Å². The summed E-state index contributed by atoms with van der Waals surface area (Å²) < 4.78 is 5.61. The topological polar surface area (TPSA) is 46.5 Å². The van der Waals surface area contributed by atoms with Crippen LogP contribution >= 0.6 is 0 Å². The first kappa shape index (κ1) is 12.6. The molecule has 4 heteroatoms. The molecule has 0 aromatic rings. The molecule has 1 N–H and O–H groups in total. The summed E-state index contributed by atoms with van der Waals surface area (Å²) in [6.07, 6.45) is 0. The monoisotopic (exact) mass is 204 g/mol. The average Bonchev–Trinajstić information content (AvgIpc) is 1.82. The van der Waals surface area contributed by atoms with Gasteiger partial charge < -0.3 is 9.84 Å². The van der Waals surface area contributed by atoms with E-state index in [1.54, 1.807) is 6.92 Å². The third kappa shape index (κ3) is 3.48. The van der Waals surface area contributed by atoms with E-state index in [0.29, 0.717) is 0 Å². The Morgan fingerprint density at radius 1 is 1.23 bits per heavy atom. The minimum Gasteiger partial charge on any atom is -0.479 e. The van der Waals surface area contributed by atoms with Crippen molar-refractivity contribution >= 4 is 14.8 Å². The Hall–Kier alpha value is -0.353. The maximum atomic E-state index is 11.1. The quantitative estimate of drug-likeness (QED) is 0.711. The number of hydrogen-bond acceptors (Lipinski definition) is 2. The second-order valence-electron chi connectivity index (χ2n) is 4.78. The second kappa shape index (κ2) is 3.80. The highest BCUT2D eigenvalue weighted by molar-refractivity contribution is 6.63. The number of hydrogen-bond donors (Lipinski definition) is 1. The van der Waals surface area contributed by atoms with Crippen LogP contribution in [0, 0.1) is 0 Å². The molecule has 0 saturated heterocycles. The molecule has 1 atom stereocenters. The van der Waals surface area contributed by atoms with E-state index in [0.717, 1.165) is 0 Å². The highest BCUT2D eigenvalue weighted by Gasteiger charge is 2.41. The van der Waals surface area contributed by atoms with Gasteiger partial charge in [0, 0.05) is 0 Å². The summed E-state index contributed by atoms with van der Waals surface area (Å²) in [4.78, 5) is 11.1. The molecule has 0 aromatic carbocycles. The number of carbonyl (C=O) groups is 1. The zero-order valence-corrected chi connectivity index (χ0v) is 10.5. The molecule has 0 radical (unpaired) electrons. The van der Waals surface area contributed by atoms with E-state index < -0.39 is 25.6 Å². The number of carboxylic acid groups (broad SMARTS) is 1. The van der Waals surface area contributed by atoms with E-state index in [-0.39, 0.29) is 0 Å². The fourth-order valence-corrected chi connectivity index (χ4v) is 2.13. The molecule has 0 bridgehead atoms. The van der Waals surface area contributed by atoms with Crippen molar-refractivity contribution in [2.75, 3.05) is 0 Å². The third-order valence-electron chi connectivity index (χ3n) is 2.04. The van der Waals surface area contributed by atoms with E-state index in [1.165, 1.54) is 0 Å². The molecule has 0 rings (SSSR count). The summed E-state index contributed by atoms with van der Waals surface area (Å²) in [5, 5.41) is 8.12. The number of rotatable bonds is 3. The van der Waals surface area contributed by atoms with Gasteiger partial charge in [0.05, 0.1) is 14.4 Å². The summed E-state index contributed by atoms with van der Waals surface area (Å²) in [7, 11) is -1.38. The number of carboxylic acids is 1. The lowest BCUT2D eigenvalue weighted by atomic mass is 10.2. The summed E-state index contributed by atoms with van der Waals surface area (Å²) >= 11 is 0. The fourth-order valence-electron chi connectivity index (χ4n) is 1.04. The minimum atomic E-state index is -1.38. The summed E-state index contributed by atoms with van der Waals surface area (Å²) in [5.74, 6) is -0.843. The van der Waals surface area contributed by atoms with Crippen LogP contribution in [-0.4, -0.2) is 30.7 Å². The SMILES string of the molecule is C[SiH](C)[C@](C)(OC(C)(C)C)C(=O)O. The molecule has 0 aliphatic carbocycles. The summed E-state index contributed by atoms with van der Waals surface area (Å²) in [5.41, 5.74) is -0.398. The third-order valence-corrected chi connectivity index (χ3v) is 4.61. The van der Waals surface area contributed by atoms with Gasteiger partial charge in [0.15, 0.2) is 0 Å². The molecular weight excluding hydrogens is 184 g/mol. The van der Waals surface area contributed by atoms with Crippen LogP contribution in [0.25, 0.3) is 0 Å². The van der Waals surface area contributed by atoms with E-state index in [9.17, 15) is 4.79 Å². The lowest BCUT2D eigenvalue weighted by Crippen LogP contribution is -2.53. The van der Waals surface area contributed by atoms with Gasteiger partial charge in [-0.2, -0.15) is 0 Å². The molecule has 0 aliphatic rings. The number of ether oxygens (including phenoxy) is 1. The second-order valence-corrected chi connectivity index (χ2v) is 8.19. The Morgan fingerprint density at radius 3 is 1.69 bits per heavy atom. The molecule has 0 unspecified atom stereocenters. The maximum Gasteiger partial charge on any atom is 0.331 e. The van der Waals surface area contributed by atoms with Gasteiger partial charge in [0.2, 0.25) is 0 Å².